The molecule has 2 rings (SSSR count). The second-order valence-electron chi connectivity index (χ2n) is 3.69. The summed E-state index contributed by atoms with van der Waals surface area (Å²) in [6, 6.07) is 9.20. The monoisotopic (exact) mass is 227 g/mol. The highest BCUT2D eigenvalue weighted by atomic mass is 16.1. The Labute approximate surface area is 99.7 Å². The molecule has 0 unspecified atom stereocenters. The predicted molar refractivity (Wildman–Crippen MR) is 64.4 cm³/mol. The molecule has 0 aliphatic heterocycles. The summed E-state index contributed by atoms with van der Waals surface area (Å²) >= 11 is 0. The Morgan fingerprint density at radius 1 is 1.29 bits per heavy atom. The van der Waals surface area contributed by atoms with Crippen LogP contribution in [0.3, 0.4) is 0 Å². The van der Waals surface area contributed by atoms with Crippen molar-refractivity contribution in [3.05, 3.63) is 59.7 Å². The number of rotatable bonds is 3. The van der Waals surface area contributed by atoms with Gasteiger partial charge < -0.3 is 5.32 Å². The van der Waals surface area contributed by atoms with Crippen molar-refractivity contribution >= 4 is 5.91 Å². The summed E-state index contributed by atoms with van der Waals surface area (Å²) in [5, 5.41) is 2.80. The molecule has 17 heavy (non-hydrogen) atoms. The van der Waals surface area contributed by atoms with E-state index in [-0.39, 0.29) is 5.91 Å². The van der Waals surface area contributed by atoms with Crippen LogP contribution in [0.25, 0.3) is 0 Å². The van der Waals surface area contributed by atoms with Crippen LogP contribution in [-0.4, -0.2) is 15.9 Å². The lowest BCUT2D eigenvalue weighted by Gasteiger charge is -2.04. The summed E-state index contributed by atoms with van der Waals surface area (Å²) in [5.74, 6) is -0.138. The molecule has 2 aromatic rings. The van der Waals surface area contributed by atoms with Gasteiger partial charge in [-0.2, -0.15) is 0 Å². The summed E-state index contributed by atoms with van der Waals surface area (Å²) < 4.78 is 0. The molecule has 1 N–H and O–H groups in total. The Bertz CT molecular complexity index is 511. The zero-order chi connectivity index (χ0) is 12.1. The summed E-state index contributed by atoms with van der Waals surface area (Å²) in [6.07, 6.45) is 3.18. The molecule has 4 nitrogen and oxygen atoms in total. The molecule has 0 aliphatic rings. The van der Waals surface area contributed by atoms with Crippen molar-refractivity contribution in [3.8, 4) is 0 Å². The minimum Gasteiger partial charge on any atom is -0.346 e. The second-order valence-corrected chi connectivity index (χ2v) is 3.69. The van der Waals surface area contributed by atoms with Crippen LogP contribution in [0.15, 0.2) is 42.7 Å². The zero-order valence-corrected chi connectivity index (χ0v) is 9.55. The Hall–Kier alpha value is -2.23. The van der Waals surface area contributed by atoms with Crippen LogP contribution in [0.5, 0.6) is 0 Å². The summed E-state index contributed by atoms with van der Waals surface area (Å²) in [4.78, 5) is 19.9. The minimum absolute atomic E-state index is 0.138. The fourth-order valence-electron chi connectivity index (χ4n) is 1.47. The molecule has 0 saturated carbocycles. The summed E-state index contributed by atoms with van der Waals surface area (Å²) in [5.41, 5.74) is 2.35. The number of hydrogen-bond donors (Lipinski definition) is 1. The molecule has 0 saturated heterocycles. The average molecular weight is 227 g/mol. The molecular formula is C13H13N3O. The molecule has 0 fully saturated rings. The molecular weight excluding hydrogens is 214 g/mol. The van der Waals surface area contributed by atoms with Crippen molar-refractivity contribution in [1.29, 1.82) is 0 Å². The third kappa shape index (κ3) is 3.11. The number of pyridine rings is 2. The van der Waals surface area contributed by atoms with Gasteiger partial charge in [-0.15, -0.1) is 0 Å². The maximum absolute atomic E-state index is 11.7. The largest absolute Gasteiger partial charge is 0.346 e. The van der Waals surface area contributed by atoms with Gasteiger partial charge in [0.25, 0.3) is 5.91 Å². The molecule has 1 amide bonds. The van der Waals surface area contributed by atoms with Crippen LogP contribution >= 0.6 is 0 Å². The van der Waals surface area contributed by atoms with Crippen molar-refractivity contribution in [3.63, 3.8) is 0 Å². The van der Waals surface area contributed by atoms with E-state index in [0.717, 1.165) is 11.4 Å². The number of nitrogens with zero attached hydrogens (tertiary/aromatic N) is 2. The molecule has 0 aliphatic carbocycles. The SMILES string of the molecule is Cc1cccc(CNC(=O)c2cccnc2)n1. The van der Waals surface area contributed by atoms with Crippen molar-refractivity contribution in [2.75, 3.05) is 0 Å². The van der Waals surface area contributed by atoms with E-state index < -0.39 is 0 Å². The summed E-state index contributed by atoms with van der Waals surface area (Å²) in [7, 11) is 0. The highest BCUT2D eigenvalue weighted by Gasteiger charge is 2.04. The number of hydrogen-bond acceptors (Lipinski definition) is 3. The first-order valence-corrected chi connectivity index (χ1v) is 5.36. The predicted octanol–water partition coefficient (Wildman–Crippen LogP) is 1.72. The summed E-state index contributed by atoms with van der Waals surface area (Å²) in [6.45, 7) is 2.35. The van der Waals surface area contributed by atoms with Crippen LogP contribution in [0.1, 0.15) is 21.7 Å². The number of aromatic nitrogens is 2. The molecule has 2 heterocycles. The highest BCUT2D eigenvalue weighted by molar-refractivity contribution is 5.93. The van der Waals surface area contributed by atoms with E-state index in [1.807, 2.05) is 25.1 Å². The van der Waals surface area contributed by atoms with Crippen LogP contribution in [-0.2, 0) is 6.54 Å². The maximum Gasteiger partial charge on any atom is 0.253 e. The molecule has 4 heteroatoms. The van der Waals surface area contributed by atoms with Crippen molar-refractivity contribution < 1.29 is 4.79 Å². The third-order valence-electron chi connectivity index (χ3n) is 2.30. The first-order chi connectivity index (χ1) is 8.25. The fraction of sp³-hybridized carbons (Fsp3) is 0.154. The van der Waals surface area contributed by atoms with Crippen LogP contribution < -0.4 is 5.32 Å². The van der Waals surface area contributed by atoms with Crippen molar-refractivity contribution in [2.24, 2.45) is 0 Å². The molecule has 0 spiro atoms. The van der Waals surface area contributed by atoms with Gasteiger partial charge in [-0.1, -0.05) is 6.07 Å². The van der Waals surface area contributed by atoms with Crippen molar-refractivity contribution in [1.82, 2.24) is 15.3 Å². The first kappa shape index (κ1) is 11.3. The van der Waals surface area contributed by atoms with Gasteiger partial charge in [0.15, 0.2) is 0 Å². The molecule has 0 radical (unpaired) electrons. The number of nitrogens with one attached hydrogen (secondary N) is 1. The molecule has 0 bridgehead atoms. The van der Waals surface area contributed by atoms with Gasteiger partial charge in [-0.25, -0.2) is 0 Å². The Kier molecular flexibility index (Phi) is 3.45. The lowest BCUT2D eigenvalue weighted by atomic mass is 10.2. The number of carbonyl (C=O) groups excluding carboxylic acids is 1. The smallest absolute Gasteiger partial charge is 0.253 e. The van der Waals surface area contributed by atoms with Crippen molar-refractivity contribution in [2.45, 2.75) is 13.5 Å². The number of aryl methyl sites for hydroxylation is 1. The quantitative estimate of drug-likeness (QED) is 0.868. The van der Waals surface area contributed by atoms with Gasteiger partial charge in [0, 0.05) is 18.1 Å². The second kappa shape index (κ2) is 5.21. The number of carbonyl (C=O) groups is 1. The third-order valence-corrected chi connectivity index (χ3v) is 2.30. The van der Waals surface area contributed by atoms with E-state index >= 15 is 0 Å². The minimum atomic E-state index is -0.138. The Morgan fingerprint density at radius 3 is 2.88 bits per heavy atom. The van der Waals surface area contributed by atoms with E-state index in [2.05, 4.69) is 15.3 Å². The molecule has 2 aromatic heterocycles. The molecule has 0 atom stereocenters. The lowest BCUT2D eigenvalue weighted by molar-refractivity contribution is 0.0950. The van der Waals surface area contributed by atoms with Crippen LogP contribution in [0.4, 0.5) is 0 Å². The lowest BCUT2D eigenvalue weighted by Crippen LogP contribution is -2.23. The standard InChI is InChI=1S/C13H13N3O/c1-10-4-2-6-12(16-10)9-15-13(17)11-5-3-7-14-8-11/h2-8H,9H2,1H3,(H,15,17). The van der Waals surface area contributed by atoms with E-state index in [1.54, 1.807) is 24.5 Å². The van der Waals surface area contributed by atoms with Gasteiger partial charge in [0.05, 0.1) is 17.8 Å². The maximum atomic E-state index is 11.7. The fourth-order valence-corrected chi connectivity index (χ4v) is 1.47. The Balaban J connectivity index is 1.97. The Morgan fingerprint density at radius 2 is 2.18 bits per heavy atom. The van der Waals surface area contributed by atoms with Gasteiger partial charge in [-0.3, -0.25) is 14.8 Å². The van der Waals surface area contributed by atoms with E-state index in [1.165, 1.54) is 0 Å². The molecule has 86 valence electrons. The van der Waals surface area contributed by atoms with E-state index in [4.69, 9.17) is 0 Å². The van der Waals surface area contributed by atoms with E-state index in [9.17, 15) is 4.79 Å². The highest BCUT2D eigenvalue weighted by Crippen LogP contribution is 1.99. The average Bonchev–Trinajstić information content (AvgIpc) is 2.37. The van der Waals surface area contributed by atoms with E-state index in [0.29, 0.717) is 12.1 Å². The van der Waals surface area contributed by atoms with Gasteiger partial charge in [0.1, 0.15) is 0 Å². The van der Waals surface area contributed by atoms with Crippen LogP contribution in [0.2, 0.25) is 0 Å². The van der Waals surface area contributed by atoms with Gasteiger partial charge in [0.2, 0.25) is 0 Å². The molecule has 0 aromatic carbocycles. The number of amides is 1. The normalized spacial score (nSPS) is 9.94. The first-order valence-electron chi connectivity index (χ1n) is 5.36. The topological polar surface area (TPSA) is 54.9 Å². The van der Waals surface area contributed by atoms with Gasteiger partial charge in [-0.05, 0) is 31.2 Å². The van der Waals surface area contributed by atoms with Crippen LogP contribution in [0, 0.1) is 6.92 Å². The zero-order valence-electron chi connectivity index (χ0n) is 9.55. The van der Waals surface area contributed by atoms with Gasteiger partial charge >= 0.3 is 0 Å².